The second-order valence-corrected chi connectivity index (χ2v) is 11.1. The van der Waals surface area contributed by atoms with Gasteiger partial charge in [-0.05, 0) is 46.8 Å². The van der Waals surface area contributed by atoms with Gasteiger partial charge in [-0.25, -0.2) is 23.9 Å². The molecule has 1 fully saturated rings. The lowest BCUT2D eigenvalue weighted by atomic mass is 9.98. The molecule has 0 radical (unpaired) electrons. The number of hydrogen-bond acceptors (Lipinski definition) is 10. The van der Waals surface area contributed by atoms with E-state index < -0.39 is 56.6 Å². The number of aliphatic hydroxyl groups excluding tert-OH is 1. The lowest BCUT2D eigenvalue weighted by Crippen LogP contribution is -2.41. The number of carbonyl (C=O) groups is 1. The molecular weight excluding hydrogens is 520 g/mol. The van der Waals surface area contributed by atoms with Crippen molar-refractivity contribution in [3.05, 3.63) is 48.7 Å². The van der Waals surface area contributed by atoms with Crippen molar-refractivity contribution in [3.63, 3.8) is 0 Å². The third kappa shape index (κ3) is 6.02. The number of ether oxygens (including phenoxy) is 2. The molecule has 1 aliphatic rings. The number of benzene rings is 1. The minimum absolute atomic E-state index is 0.203. The molecule has 3 aromatic rings. The maximum Gasteiger partial charge on any atom is 0.459 e. The van der Waals surface area contributed by atoms with E-state index in [1.54, 1.807) is 51.1 Å². The minimum Gasteiger partial charge on any atom is -0.462 e. The molecule has 206 valence electrons. The van der Waals surface area contributed by atoms with Crippen molar-refractivity contribution in [1.29, 1.82) is 0 Å². The molecule has 0 amide bonds. The van der Waals surface area contributed by atoms with Crippen LogP contribution in [-0.4, -0.2) is 67.2 Å². The zero-order valence-corrected chi connectivity index (χ0v) is 22.5. The van der Waals surface area contributed by atoms with Gasteiger partial charge in [0, 0.05) is 0 Å². The van der Waals surface area contributed by atoms with E-state index in [9.17, 15) is 14.5 Å². The van der Waals surface area contributed by atoms with Gasteiger partial charge in [-0.2, -0.15) is 5.09 Å². The molecule has 0 aliphatic carbocycles. The van der Waals surface area contributed by atoms with E-state index in [1.165, 1.54) is 30.9 Å². The quantitative estimate of drug-likeness (QED) is 0.283. The largest absolute Gasteiger partial charge is 0.462 e. The number of aryl methyl sites for hydroxylation is 1. The molecule has 0 saturated carbocycles. The summed E-state index contributed by atoms with van der Waals surface area (Å²) in [5, 5.41) is 13.3. The Morgan fingerprint density at radius 1 is 1.29 bits per heavy atom. The van der Waals surface area contributed by atoms with Gasteiger partial charge in [0.25, 0.3) is 0 Å². The number of imidazole rings is 1. The number of halogens is 1. The van der Waals surface area contributed by atoms with Crippen molar-refractivity contribution in [2.24, 2.45) is 0 Å². The summed E-state index contributed by atoms with van der Waals surface area (Å²) < 4.78 is 53.1. The van der Waals surface area contributed by atoms with Gasteiger partial charge in [0.15, 0.2) is 17.5 Å². The first-order chi connectivity index (χ1) is 17.9. The fourth-order valence-electron chi connectivity index (χ4n) is 3.94. The number of carbonyl (C=O) groups excluding carboxylic acids is 1. The van der Waals surface area contributed by atoms with Crippen LogP contribution in [0.2, 0.25) is 0 Å². The molecule has 3 heterocycles. The number of rotatable bonds is 10. The summed E-state index contributed by atoms with van der Waals surface area (Å²) in [7, 11) is -4.25. The standard InChI is InChI=1S/C24H31FN5O7P/c1-14(2)35-22(32)15(3)29-38(33,37-17-9-7-6-8-10-17)34-12-19-20(31)24(5,25)23(36-19)30-13-27-18-11-26-16(4)28-21(18)30/h6-11,13-15,19-20,23,31H,12H2,1-5H3,(H,29,33)/t15?,19-,20-,23-,24-,38?/m1/s1. The summed E-state index contributed by atoms with van der Waals surface area (Å²) in [6.07, 6.45) is -1.76. The number of para-hydroxylation sites is 1. The van der Waals surface area contributed by atoms with Crippen LogP contribution in [0.25, 0.3) is 11.2 Å². The number of aromatic nitrogens is 4. The van der Waals surface area contributed by atoms with Crippen LogP contribution in [0.5, 0.6) is 5.75 Å². The van der Waals surface area contributed by atoms with Gasteiger partial charge in [0.1, 0.15) is 35.3 Å². The van der Waals surface area contributed by atoms with Gasteiger partial charge in [0.2, 0.25) is 0 Å². The van der Waals surface area contributed by atoms with Crippen LogP contribution in [0.15, 0.2) is 42.9 Å². The molecule has 1 aliphatic heterocycles. The van der Waals surface area contributed by atoms with Crippen LogP contribution in [-0.2, 0) is 23.4 Å². The van der Waals surface area contributed by atoms with Gasteiger partial charge in [-0.1, -0.05) is 18.2 Å². The Balaban J connectivity index is 1.54. The van der Waals surface area contributed by atoms with Gasteiger partial charge >= 0.3 is 13.7 Å². The third-order valence-corrected chi connectivity index (χ3v) is 7.48. The number of nitrogens with zero attached hydrogens (tertiary/aromatic N) is 4. The van der Waals surface area contributed by atoms with Crippen LogP contribution in [0.4, 0.5) is 4.39 Å². The maximum atomic E-state index is 15.8. The molecule has 4 rings (SSSR count). The zero-order valence-electron chi connectivity index (χ0n) is 21.6. The molecule has 12 nitrogen and oxygen atoms in total. The molecule has 1 saturated heterocycles. The minimum atomic E-state index is -4.25. The molecule has 1 aromatic carbocycles. The smallest absolute Gasteiger partial charge is 0.459 e. The van der Waals surface area contributed by atoms with Crippen LogP contribution in [0.1, 0.15) is 39.7 Å². The van der Waals surface area contributed by atoms with Crippen molar-refractivity contribution >= 4 is 24.9 Å². The average Bonchev–Trinajstić information content (AvgIpc) is 3.35. The first-order valence-corrected chi connectivity index (χ1v) is 13.6. The van der Waals surface area contributed by atoms with Crippen molar-refractivity contribution in [1.82, 2.24) is 24.6 Å². The number of aliphatic hydroxyl groups is 1. The van der Waals surface area contributed by atoms with Gasteiger partial charge in [-0.15, -0.1) is 0 Å². The first-order valence-electron chi connectivity index (χ1n) is 12.1. The van der Waals surface area contributed by atoms with Crippen LogP contribution >= 0.6 is 7.75 Å². The van der Waals surface area contributed by atoms with E-state index in [4.69, 9.17) is 18.5 Å². The fraction of sp³-hybridized carbons (Fsp3) is 0.500. The lowest BCUT2D eigenvalue weighted by Gasteiger charge is -2.25. The second kappa shape index (κ2) is 11.0. The highest BCUT2D eigenvalue weighted by atomic mass is 31.2. The molecule has 38 heavy (non-hydrogen) atoms. The zero-order chi connectivity index (χ0) is 27.7. The topological polar surface area (TPSA) is 147 Å². The Morgan fingerprint density at radius 3 is 2.68 bits per heavy atom. The fourth-order valence-corrected chi connectivity index (χ4v) is 5.44. The van der Waals surface area contributed by atoms with Gasteiger partial charge in [0.05, 0.1) is 25.2 Å². The third-order valence-electron chi connectivity index (χ3n) is 5.84. The number of esters is 1. The highest BCUT2D eigenvalue weighted by Gasteiger charge is 2.56. The highest BCUT2D eigenvalue weighted by Crippen LogP contribution is 2.48. The van der Waals surface area contributed by atoms with E-state index in [-0.39, 0.29) is 5.75 Å². The Hall–Kier alpha value is -2.96. The first kappa shape index (κ1) is 28.1. The molecule has 2 aromatic heterocycles. The number of hydrogen-bond donors (Lipinski definition) is 2. The summed E-state index contributed by atoms with van der Waals surface area (Å²) in [6.45, 7) is 7.15. The summed E-state index contributed by atoms with van der Waals surface area (Å²) >= 11 is 0. The number of fused-ring (bicyclic) bond motifs is 1. The number of alkyl halides is 1. The van der Waals surface area contributed by atoms with E-state index in [1.807, 2.05) is 0 Å². The van der Waals surface area contributed by atoms with Crippen molar-refractivity contribution < 1.29 is 37.4 Å². The van der Waals surface area contributed by atoms with Crippen molar-refractivity contribution in [3.8, 4) is 5.75 Å². The molecular formula is C24H31FN5O7P. The maximum absolute atomic E-state index is 15.8. The van der Waals surface area contributed by atoms with Crippen LogP contribution in [0.3, 0.4) is 0 Å². The SMILES string of the molecule is Cc1ncc2ncn([C@@H]3O[C@H](COP(=O)(NC(C)C(=O)OC(C)C)Oc4ccccc4)[C@@H](O)[C@@]3(C)F)c2n1. The van der Waals surface area contributed by atoms with Crippen LogP contribution in [0, 0.1) is 6.92 Å². The van der Waals surface area contributed by atoms with E-state index in [0.717, 1.165) is 0 Å². The number of nitrogens with one attached hydrogen (secondary N) is 1. The van der Waals surface area contributed by atoms with E-state index >= 15 is 4.39 Å². The summed E-state index contributed by atoms with van der Waals surface area (Å²) in [6, 6.07) is 7.11. The summed E-state index contributed by atoms with van der Waals surface area (Å²) in [4.78, 5) is 24.9. The Kier molecular flexibility index (Phi) is 8.15. The van der Waals surface area contributed by atoms with Crippen molar-refractivity contribution in [2.75, 3.05) is 6.61 Å². The Morgan fingerprint density at radius 2 is 2.00 bits per heavy atom. The molecule has 0 spiro atoms. The molecule has 14 heteroatoms. The van der Waals surface area contributed by atoms with Gasteiger partial charge in [-0.3, -0.25) is 13.9 Å². The second-order valence-electron chi connectivity index (χ2n) is 9.43. The monoisotopic (exact) mass is 551 g/mol. The molecule has 2 unspecified atom stereocenters. The van der Waals surface area contributed by atoms with E-state index in [2.05, 4.69) is 20.0 Å². The average molecular weight is 552 g/mol. The highest BCUT2D eigenvalue weighted by molar-refractivity contribution is 7.52. The summed E-state index contributed by atoms with van der Waals surface area (Å²) in [5.74, 6) is -0.0134. The van der Waals surface area contributed by atoms with Crippen LogP contribution < -0.4 is 9.61 Å². The Bertz CT molecular complexity index is 1320. The van der Waals surface area contributed by atoms with Crippen molar-refractivity contribution in [2.45, 2.75) is 70.9 Å². The lowest BCUT2D eigenvalue weighted by molar-refractivity contribution is -0.149. The normalized spacial score (nSPS) is 25.8. The van der Waals surface area contributed by atoms with E-state index in [0.29, 0.717) is 17.0 Å². The molecule has 2 N–H and O–H groups in total. The predicted molar refractivity (Wildman–Crippen MR) is 134 cm³/mol. The van der Waals surface area contributed by atoms with Gasteiger partial charge < -0.3 is 19.1 Å². The summed E-state index contributed by atoms with van der Waals surface area (Å²) in [5.41, 5.74) is -1.53. The predicted octanol–water partition coefficient (Wildman–Crippen LogP) is 3.25. The molecule has 0 bridgehead atoms. The molecule has 6 atom stereocenters. The Labute approximate surface area is 219 Å².